The van der Waals surface area contributed by atoms with E-state index in [4.69, 9.17) is 0 Å². The van der Waals surface area contributed by atoms with Gasteiger partial charge in [0.15, 0.2) is 0 Å². The van der Waals surface area contributed by atoms with E-state index in [1.54, 1.807) is 0 Å². The van der Waals surface area contributed by atoms with E-state index in [2.05, 4.69) is 15.1 Å². The number of hydrogen-bond acceptors (Lipinski definition) is 4. The lowest BCUT2D eigenvalue weighted by Gasteiger charge is -2.33. The Labute approximate surface area is 123 Å². The van der Waals surface area contributed by atoms with Crippen LogP contribution in [0.5, 0.6) is 0 Å². The SMILES string of the molecule is CC1(CNS(=O)(=O)c2cnn(CC(F)F)c2)CCNCC1. The van der Waals surface area contributed by atoms with Crippen molar-refractivity contribution in [1.82, 2.24) is 19.8 Å². The molecule has 1 saturated heterocycles. The summed E-state index contributed by atoms with van der Waals surface area (Å²) in [5, 5.41) is 6.87. The van der Waals surface area contributed by atoms with E-state index in [1.165, 1.54) is 0 Å². The molecular formula is C12H20F2N4O2S. The van der Waals surface area contributed by atoms with E-state index in [1.807, 2.05) is 6.92 Å². The smallest absolute Gasteiger partial charge is 0.257 e. The highest BCUT2D eigenvalue weighted by molar-refractivity contribution is 7.89. The molecule has 1 aromatic heterocycles. The van der Waals surface area contributed by atoms with Crippen molar-refractivity contribution in [1.29, 1.82) is 0 Å². The van der Waals surface area contributed by atoms with Crippen LogP contribution in [-0.4, -0.2) is 44.3 Å². The van der Waals surface area contributed by atoms with Crippen molar-refractivity contribution in [3.8, 4) is 0 Å². The highest BCUT2D eigenvalue weighted by Gasteiger charge is 2.29. The fourth-order valence-corrected chi connectivity index (χ4v) is 3.44. The first kappa shape index (κ1) is 16.3. The van der Waals surface area contributed by atoms with Gasteiger partial charge in [-0.25, -0.2) is 21.9 Å². The summed E-state index contributed by atoms with van der Waals surface area (Å²) in [5.74, 6) is 0. The molecule has 0 aromatic carbocycles. The van der Waals surface area contributed by atoms with Crippen LogP contribution in [0.25, 0.3) is 0 Å². The summed E-state index contributed by atoms with van der Waals surface area (Å²) < 4.78 is 52.3. The lowest BCUT2D eigenvalue weighted by Crippen LogP contribution is -2.42. The molecule has 2 heterocycles. The van der Waals surface area contributed by atoms with Crippen LogP contribution < -0.4 is 10.0 Å². The van der Waals surface area contributed by atoms with Gasteiger partial charge in [-0.05, 0) is 31.3 Å². The van der Waals surface area contributed by atoms with Gasteiger partial charge in [0.05, 0.1) is 6.20 Å². The Balaban J connectivity index is 1.99. The maximum absolute atomic E-state index is 12.2. The zero-order chi connectivity index (χ0) is 15.5. The molecule has 0 aliphatic carbocycles. The zero-order valence-electron chi connectivity index (χ0n) is 11.8. The Bertz CT molecular complexity index is 568. The van der Waals surface area contributed by atoms with E-state index in [-0.39, 0.29) is 10.3 Å². The third-order valence-corrected chi connectivity index (χ3v) is 5.10. The number of hydrogen-bond donors (Lipinski definition) is 2. The van der Waals surface area contributed by atoms with Crippen LogP contribution in [-0.2, 0) is 16.6 Å². The number of piperidine rings is 1. The molecule has 0 amide bonds. The fraction of sp³-hybridized carbons (Fsp3) is 0.750. The predicted molar refractivity (Wildman–Crippen MR) is 73.6 cm³/mol. The van der Waals surface area contributed by atoms with Crippen LogP contribution in [0.4, 0.5) is 8.78 Å². The van der Waals surface area contributed by atoms with Crippen LogP contribution in [0.3, 0.4) is 0 Å². The summed E-state index contributed by atoms with van der Waals surface area (Å²) in [6.45, 7) is 3.49. The van der Waals surface area contributed by atoms with Gasteiger partial charge in [0.1, 0.15) is 11.4 Å². The molecule has 1 aliphatic rings. The Morgan fingerprint density at radius 2 is 2.14 bits per heavy atom. The Hall–Kier alpha value is -1.06. The third kappa shape index (κ3) is 4.45. The first-order valence-electron chi connectivity index (χ1n) is 6.82. The quantitative estimate of drug-likeness (QED) is 0.813. The van der Waals surface area contributed by atoms with Crippen LogP contribution in [0, 0.1) is 5.41 Å². The van der Waals surface area contributed by atoms with E-state index >= 15 is 0 Å². The van der Waals surface area contributed by atoms with Crippen LogP contribution in [0.2, 0.25) is 0 Å². The van der Waals surface area contributed by atoms with Crippen molar-refractivity contribution < 1.29 is 17.2 Å². The number of aromatic nitrogens is 2. The molecule has 0 unspecified atom stereocenters. The summed E-state index contributed by atoms with van der Waals surface area (Å²) in [6.07, 6.45) is 1.43. The summed E-state index contributed by atoms with van der Waals surface area (Å²) >= 11 is 0. The van der Waals surface area contributed by atoms with Gasteiger partial charge in [-0.1, -0.05) is 6.92 Å². The summed E-state index contributed by atoms with van der Waals surface area (Å²) in [5.41, 5.74) is -0.0860. The number of halogens is 2. The molecule has 0 spiro atoms. The first-order chi connectivity index (χ1) is 9.81. The Morgan fingerprint density at radius 1 is 1.48 bits per heavy atom. The molecule has 21 heavy (non-hydrogen) atoms. The number of nitrogens with zero attached hydrogens (tertiary/aromatic N) is 2. The van der Waals surface area contributed by atoms with E-state index < -0.39 is 23.0 Å². The molecule has 1 fully saturated rings. The maximum Gasteiger partial charge on any atom is 0.257 e. The topological polar surface area (TPSA) is 76.0 Å². The second-order valence-electron chi connectivity index (χ2n) is 5.67. The lowest BCUT2D eigenvalue weighted by molar-refractivity contribution is 0.121. The molecule has 1 aromatic rings. The van der Waals surface area contributed by atoms with Gasteiger partial charge in [-0.3, -0.25) is 4.68 Å². The molecule has 0 atom stereocenters. The lowest BCUT2D eigenvalue weighted by atomic mass is 9.81. The Morgan fingerprint density at radius 3 is 2.76 bits per heavy atom. The summed E-state index contributed by atoms with van der Waals surface area (Å²) in [6, 6.07) is 0. The van der Waals surface area contributed by atoms with E-state index in [9.17, 15) is 17.2 Å². The van der Waals surface area contributed by atoms with Gasteiger partial charge in [0, 0.05) is 12.7 Å². The summed E-state index contributed by atoms with van der Waals surface area (Å²) in [7, 11) is -3.71. The van der Waals surface area contributed by atoms with Crippen LogP contribution in [0.15, 0.2) is 17.3 Å². The average Bonchev–Trinajstić information content (AvgIpc) is 2.86. The molecule has 1 aliphatic heterocycles. The molecule has 9 heteroatoms. The molecular weight excluding hydrogens is 302 g/mol. The second kappa shape index (κ2) is 6.37. The van der Waals surface area contributed by atoms with Crippen LogP contribution >= 0.6 is 0 Å². The fourth-order valence-electron chi connectivity index (χ4n) is 2.28. The normalized spacial score (nSPS) is 19.0. The molecule has 0 saturated carbocycles. The van der Waals surface area contributed by atoms with E-state index in [0.29, 0.717) is 6.54 Å². The first-order valence-corrected chi connectivity index (χ1v) is 8.30. The minimum Gasteiger partial charge on any atom is -0.317 e. The number of nitrogens with one attached hydrogen (secondary N) is 2. The summed E-state index contributed by atoms with van der Waals surface area (Å²) in [4.78, 5) is -0.0827. The molecule has 2 N–H and O–H groups in total. The zero-order valence-corrected chi connectivity index (χ0v) is 12.7. The monoisotopic (exact) mass is 322 g/mol. The maximum atomic E-state index is 12.2. The Kier molecular flexibility index (Phi) is 4.95. The standard InChI is InChI=1S/C12H20F2N4O2S/c1-12(2-4-15-5-3-12)9-17-21(19,20)10-6-16-18(7-10)8-11(13)14/h6-7,11,15,17H,2-5,8-9H2,1H3. The van der Waals surface area contributed by atoms with Gasteiger partial charge < -0.3 is 5.32 Å². The van der Waals surface area contributed by atoms with Crippen molar-refractivity contribution >= 4 is 10.0 Å². The van der Waals surface area contributed by atoms with Crippen molar-refractivity contribution in [3.05, 3.63) is 12.4 Å². The number of alkyl halides is 2. The average molecular weight is 322 g/mol. The minimum absolute atomic E-state index is 0.0827. The van der Waals surface area contributed by atoms with Gasteiger partial charge >= 0.3 is 0 Å². The van der Waals surface area contributed by atoms with Crippen molar-refractivity contribution in [2.24, 2.45) is 5.41 Å². The third-order valence-electron chi connectivity index (χ3n) is 3.74. The number of rotatable bonds is 6. The molecule has 0 bridgehead atoms. The largest absolute Gasteiger partial charge is 0.317 e. The van der Waals surface area contributed by atoms with E-state index in [0.717, 1.165) is 43.0 Å². The minimum atomic E-state index is -3.71. The predicted octanol–water partition coefficient (Wildman–Crippen LogP) is 0.816. The van der Waals surface area contributed by atoms with Gasteiger partial charge in [-0.15, -0.1) is 0 Å². The molecule has 2 rings (SSSR count). The van der Waals surface area contributed by atoms with Crippen molar-refractivity contribution in [2.45, 2.75) is 37.6 Å². The van der Waals surface area contributed by atoms with Crippen molar-refractivity contribution in [2.75, 3.05) is 19.6 Å². The van der Waals surface area contributed by atoms with Gasteiger partial charge in [-0.2, -0.15) is 5.10 Å². The van der Waals surface area contributed by atoms with Gasteiger partial charge in [0.25, 0.3) is 6.43 Å². The molecule has 6 nitrogen and oxygen atoms in total. The highest BCUT2D eigenvalue weighted by atomic mass is 32.2. The van der Waals surface area contributed by atoms with Crippen LogP contribution in [0.1, 0.15) is 19.8 Å². The number of sulfonamides is 1. The van der Waals surface area contributed by atoms with Crippen molar-refractivity contribution in [3.63, 3.8) is 0 Å². The second-order valence-corrected chi connectivity index (χ2v) is 7.44. The molecule has 120 valence electrons. The van der Waals surface area contributed by atoms with Gasteiger partial charge in [0.2, 0.25) is 10.0 Å². The highest BCUT2D eigenvalue weighted by Crippen LogP contribution is 2.27. The molecule has 0 radical (unpaired) electrons.